The number of rotatable bonds is 9. The number of hydrogen-bond acceptors (Lipinski definition) is 5. The molecule has 0 bridgehead atoms. The van der Waals surface area contributed by atoms with E-state index in [9.17, 15) is 14.4 Å². The van der Waals surface area contributed by atoms with Gasteiger partial charge in [-0.2, -0.15) is 0 Å². The second-order valence-corrected chi connectivity index (χ2v) is 5.92. The highest BCUT2D eigenvalue weighted by atomic mass is 32.1. The molecule has 0 aliphatic heterocycles. The molecule has 1 heterocycles. The number of nitrogens with zero attached hydrogens (tertiary/aromatic N) is 1. The van der Waals surface area contributed by atoms with Gasteiger partial charge < -0.3 is 10.6 Å². The summed E-state index contributed by atoms with van der Waals surface area (Å²) in [4.78, 5) is 37.8. The Morgan fingerprint density at radius 1 is 1.13 bits per heavy atom. The van der Waals surface area contributed by atoms with Gasteiger partial charge in [-0.1, -0.05) is 13.0 Å². The molecule has 7 nitrogen and oxygen atoms in total. The molecule has 23 heavy (non-hydrogen) atoms. The molecule has 8 heteroatoms. The van der Waals surface area contributed by atoms with Crippen molar-refractivity contribution in [1.82, 2.24) is 20.9 Å². The Balaban J connectivity index is 2.24. The first kappa shape index (κ1) is 19.1. The summed E-state index contributed by atoms with van der Waals surface area (Å²) in [5.41, 5.74) is 0. The maximum Gasteiger partial charge on any atom is 0.321 e. The highest BCUT2D eigenvalue weighted by Crippen LogP contribution is 2.07. The maximum atomic E-state index is 11.8. The Morgan fingerprint density at radius 2 is 1.87 bits per heavy atom. The Bertz CT molecular complexity index is 505. The van der Waals surface area contributed by atoms with Crippen molar-refractivity contribution in [2.24, 2.45) is 0 Å². The fourth-order valence-corrected chi connectivity index (χ4v) is 2.61. The van der Waals surface area contributed by atoms with Crippen LogP contribution in [0.5, 0.6) is 0 Å². The fourth-order valence-electron chi connectivity index (χ4n) is 1.90. The summed E-state index contributed by atoms with van der Waals surface area (Å²) in [6.07, 6.45) is 0.734. The zero-order valence-electron chi connectivity index (χ0n) is 13.6. The van der Waals surface area contributed by atoms with E-state index in [0.29, 0.717) is 19.6 Å². The highest BCUT2D eigenvalue weighted by molar-refractivity contribution is 7.09. The van der Waals surface area contributed by atoms with Gasteiger partial charge in [0.2, 0.25) is 11.8 Å². The number of carbonyl (C=O) groups is 3. The van der Waals surface area contributed by atoms with Crippen LogP contribution in [0.2, 0.25) is 0 Å². The second kappa shape index (κ2) is 10.7. The van der Waals surface area contributed by atoms with Gasteiger partial charge in [-0.05, 0) is 31.3 Å². The van der Waals surface area contributed by atoms with Crippen LogP contribution in [0, 0.1) is 0 Å². The van der Waals surface area contributed by atoms with Gasteiger partial charge in [0, 0.05) is 18.0 Å². The van der Waals surface area contributed by atoms with E-state index in [4.69, 9.17) is 0 Å². The van der Waals surface area contributed by atoms with E-state index >= 15 is 0 Å². The molecule has 3 N–H and O–H groups in total. The van der Waals surface area contributed by atoms with Crippen LogP contribution in [0.4, 0.5) is 4.79 Å². The van der Waals surface area contributed by atoms with Crippen molar-refractivity contribution in [1.29, 1.82) is 0 Å². The van der Waals surface area contributed by atoms with E-state index in [2.05, 4.69) is 16.0 Å². The Morgan fingerprint density at radius 3 is 2.48 bits per heavy atom. The summed E-state index contributed by atoms with van der Waals surface area (Å²) < 4.78 is 0. The SMILES string of the molecule is CCNC(=O)CN(CC)CC(=O)NC(=O)NCCc1cccs1. The molecule has 0 unspecified atom stereocenters. The molecular weight excluding hydrogens is 316 g/mol. The largest absolute Gasteiger partial charge is 0.355 e. The summed E-state index contributed by atoms with van der Waals surface area (Å²) in [6.45, 7) is 5.40. The van der Waals surface area contributed by atoms with Crippen LogP contribution in [0.15, 0.2) is 17.5 Å². The summed E-state index contributed by atoms with van der Waals surface area (Å²) >= 11 is 1.63. The normalized spacial score (nSPS) is 10.4. The molecule has 0 aliphatic carbocycles. The van der Waals surface area contributed by atoms with Crippen molar-refractivity contribution in [2.75, 3.05) is 32.7 Å². The fraction of sp³-hybridized carbons (Fsp3) is 0.533. The molecule has 128 valence electrons. The lowest BCUT2D eigenvalue weighted by Gasteiger charge is -2.18. The average Bonchev–Trinajstić information content (AvgIpc) is 2.99. The van der Waals surface area contributed by atoms with E-state index < -0.39 is 11.9 Å². The van der Waals surface area contributed by atoms with Crippen LogP contribution in [-0.2, 0) is 16.0 Å². The van der Waals surface area contributed by atoms with Crippen LogP contribution in [0.1, 0.15) is 18.7 Å². The van der Waals surface area contributed by atoms with Crippen molar-refractivity contribution in [3.63, 3.8) is 0 Å². The molecule has 1 rings (SSSR count). The third-order valence-electron chi connectivity index (χ3n) is 3.05. The minimum atomic E-state index is -0.513. The molecule has 0 atom stereocenters. The summed E-state index contributed by atoms with van der Waals surface area (Å²) in [7, 11) is 0. The van der Waals surface area contributed by atoms with E-state index in [1.54, 1.807) is 16.2 Å². The molecule has 4 amide bonds. The van der Waals surface area contributed by atoms with Gasteiger partial charge in [0.25, 0.3) is 0 Å². The topological polar surface area (TPSA) is 90.5 Å². The molecule has 1 aromatic rings. The number of urea groups is 1. The molecule has 0 aliphatic rings. The van der Waals surface area contributed by atoms with Crippen LogP contribution in [0.3, 0.4) is 0 Å². The van der Waals surface area contributed by atoms with Gasteiger partial charge in [-0.15, -0.1) is 11.3 Å². The van der Waals surface area contributed by atoms with Gasteiger partial charge in [-0.3, -0.25) is 19.8 Å². The first-order valence-electron chi connectivity index (χ1n) is 7.64. The lowest BCUT2D eigenvalue weighted by atomic mass is 10.3. The Kier molecular flexibility index (Phi) is 8.93. The quantitative estimate of drug-likeness (QED) is 0.613. The number of carbonyl (C=O) groups excluding carboxylic acids is 3. The molecule has 0 saturated heterocycles. The van der Waals surface area contributed by atoms with Crippen molar-refractivity contribution < 1.29 is 14.4 Å². The Labute approximate surface area is 140 Å². The third kappa shape index (κ3) is 8.32. The van der Waals surface area contributed by atoms with Gasteiger partial charge in [0.05, 0.1) is 13.1 Å². The van der Waals surface area contributed by atoms with Gasteiger partial charge in [0.15, 0.2) is 0 Å². The lowest BCUT2D eigenvalue weighted by molar-refractivity contribution is -0.124. The van der Waals surface area contributed by atoms with Crippen molar-refractivity contribution in [3.05, 3.63) is 22.4 Å². The zero-order chi connectivity index (χ0) is 17.1. The standard InChI is InChI=1S/C15H24N4O3S/c1-3-16-13(20)10-19(4-2)11-14(21)18-15(22)17-8-7-12-6-5-9-23-12/h5-6,9H,3-4,7-8,10-11H2,1-2H3,(H,16,20)(H2,17,18,21,22). The maximum absolute atomic E-state index is 11.8. The number of nitrogens with one attached hydrogen (secondary N) is 3. The van der Waals surface area contributed by atoms with Crippen LogP contribution < -0.4 is 16.0 Å². The summed E-state index contributed by atoms with van der Waals surface area (Å²) in [5.74, 6) is -0.563. The third-order valence-corrected chi connectivity index (χ3v) is 3.98. The molecule has 0 radical (unpaired) electrons. The number of likely N-dealkylation sites (N-methyl/N-ethyl adjacent to an activating group) is 2. The first-order valence-corrected chi connectivity index (χ1v) is 8.52. The predicted molar refractivity (Wildman–Crippen MR) is 90.4 cm³/mol. The molecular formula is C15H24N4O3S. The van der Waals surface area contributed by atoms with Gasteiger partial charge in [-0.25, -0.2) is 4.79 Å². The second-order valence-electron chi connectivity index (χ2n) is 4.89. The van der Waals surface area contributed by atoms with E-state index in [0.717, 1.165) is 6.42 Å². The number of thiophene rings is 1. The first-order chi connectivity index (χ1) is 11.0. The van der Waals surface area contributed by atoms with Crippen molar-refractivity contribution >= 4 is 29.2 Å². The lowest BCUT2D eigenvalue weighted by Crippen LogP contribution is -2.47. The predicted octanol–water partition coefficient (Wildman–Crippen LogP) is 0.574. The van der Waals surface area contributed by atoms with Crippen LogP contribution >= 0.6 is 11.3 Å². The average molecular weight is 340 g/mol. The zero-order valence-corrected chi connectivity index (χ0v) is 14.4. The van der Waals surface area contributed by atoms with Crippen LogP contribution in [-0.4, -0.2) is 55.5 Å². The smallest absolute Gasteiger partial charge is 0.321 e. The molecule has 0 fully saturated rings. The van der Waals surface area contributed by atoms with Gasteiger partial charge in [0.1, 0.15) is 0 Å². The minimum absolute atomic E-state index is 0.00593. The molecule has 0 aromatic carbocycles. The van der Waals surface area contributed by atoms with Crippen molar-refractivity contribution in [2.45, 2.75) is 20.3 Å². The van der Waals surface area contributed by atoms with E-state index in [1.807, 2.05) is 31.4 Å². The Hall–Kier alpha value is -1.93. The minimum Gasteiger partial charge on any atom is -0.355 e. The monoisotopic (exact) mass is 340 g/mol. The summed E-state index contributed by atoms with van der Waals surface area (Å²) in [6, 6.07) is 3.44. The summed E-state index contributed by atoms with van der Waals surface area (Å²) in [5, 5.41) is 9.57. The van der Waals surface area contributed by atoms with E-state index in [-0.39, 0.29) is 19.0 Å². The highest BCUT2D eigenvalue weighted by Gasteiger charge is 2.14. The molecule has 0 spiro atoms. The van der Waals surface area contributed by atoms with E-state index in [1.165, 1.54) is 4.88 Å². The molecule has 0 saturated carbocycles. The van der Waals surface area contributed by atoms with Crippen molar-refractivity contribution in [3.8, 4) is 0 Å². The number of hydrogen-bond donors (Lipinski definition) is 3. The van der Waals surface area contributed by atoms with Gasteiger partial charge >= 0.3 is 6.03 Å². The number of imide groups is 1. The molecule has 1 aromatic heterocycles. The number of amides is 4. The van der Waals surface area contributed by atoms with Crippen LogP contribution in [0.25, 0.3) is 0 Å².